The fourth-order valence-corrected chi connectivity index (χ4v) is 2.13. The minimum atomic E-state index is -5.91. The van der Waals surface area contributed by atoms with Crippen molar-refractivity contribution in [3.63, 3.8) is 0 Å². The highest BCUT2D eigenvalue weighted by Crippen LogP contribution is 2.38. The molecule has 0 aromatic heterocycles. The van der Waals surface area contributed by atoms with Crippen molar-refractivity contribution in [2.45, 2.75) is 30.6 Å². The summed E-state index contributed by atoms with van der Waals surface area (Å²) < 4.78 is 85.4. The normalized spacial score (nSPS) is 15.4. The second kappa shape index (κ2) is 5.34. The number of sulfonamides is 1. The van der Waals surface area contributed by atoms with Crippen LogP contribution in [0.4, 0.5) is 22.0 Å². The van der Waals surface area contributed by atoms with Gasteiger partial charge in [0, 0.05) is 6.04 Å². The number of carboxylic acids is 1. The molecule has 0 fully saturated rings. The lowest BCUT2D eigenvalue weighted by Crippen LogP contribution is -2.54. The maximum atomic E-state index is 12.9. The van der Waals surface area contributed by atoms with Crippen LogP contribution in [-0.4, -0.2) is 43.4 Å². The molecule has 0 aromatic rings. The molecule has 2 N–H and O–H groups in total. The largest absolute Gasteiger partial charge is 0.481 e. The van der Waals surface area contributed by atoms with Gasteiger partial charge in [0.05, 0.1) is 6.42 Å². The Morgan fingerprint density at radius 1 is 1.33 bits per heavy atom. The van der Waals surface area contributed by atoms with Crippen LogP contribution in [0.1, 0.15) is 13.3 Å². The third kappa shape index (κ3) is 3.51. The first-order valence-corrected chi connectivity index (χ1v) is 5.91. The maximum Gasteiger partial charge on any atom is 0.423 e. The van der Waals surface area contributed by atoms with Crippen LogP contribution >= 0.6 is 0 Å². The SMILES string of the molecule is CC(CC(=O)O)NS(=O)(=O)C(F)(F)C(F)(F)CF. The summed E-state index contributed by atoms with van der Waals surface area (Å²) >= 11 is 0. The van der Waals surface area contributed by atoms with E-state index in [1.54, 1.807) is 0 Å². The molecule has 0 aliphatic rings. The number of carbonyl (C=O) groups is 1. The van der Waals surface area contributed by atoms with E-state index in [4.69, 9.17) is 5.11 Å². The Morgan fingerprint density at radius 3 is 2.11 bits per heavy atom. The van der Waals surface area contributed by atoms with Gasteiger partial charge in [0.15, 0.2) is 6.67 Å². The van der Waals surface area contributed by atoms with Crippen LogP contribution in [0.5, 0.6) is 0 Å². The van der Waals surface area contributed by atoms with Gasteiger partial charge in [-0.05, 0) is 6.92 Å². The van der Waals surface area contributed by atoms with E-state index in [0.717, 1.165) is 11.6 Å². The molecule has 0 spiro atoms. The maximum absolute atomic E-state index is 12.9. The Bertz CT molecular complexity index is 410. The smallest absolute Gasteiger partial charge is 0.423 e. The van der Waals surface area contributed by atoms with Gasteiger partial charge >= 0.3 is 17.1 Å². The predicted octanol–water partition coefficient (Wildman–Crippen LogP) is 0.967. The van der Waals surface area contributed by atoms with E-state index in [0.29, 0.717) is 0 Å². The Balaban J connectivity index is 5.10. The molecule has 0 aliphatic heterocycles. The second-order valence-corrected chi connectivity index (χ2v) is 5.23. The van der Waals surface area contributed by atoms with Gasteiger partial charge in [-0.3, -0.25) is 4.79 Å². The van der Waals surface area contributed by atoms with E-state index >= 15 is 0 Å². The van der Waals surface area contributed by atoms with Gasteiger partial charge in [0.1, 0.15) is 0 Å². The Labute approximate surface area is 99.0 Å². The molecular weight excluding hydrogens is 289 g/mol. The third-order valence-electron chi connectivity index (χ3n) is 1.77. The lowest BCUT2D eigenvalue weighted by molar-refractivity contribution is -0.166. The molecule has 5 nitrogen and oxygen atoms in total. The van der Waals surface area contributed by atoms with Crippen molar-refractivity contribution in [3.05, 3.63) is 0 Å². The number of nitrogens with one attached hydrogen (secondary N) is 1. The summed E-state index contributed by atoms with van der Waals surface area (Å²) in [5.41, 5.74) is 0. The zero-order chi connectivity index (χ0) is 14.8. The zero-order valence-corrected chi connectivity index (χ0v) is 9.78. The molecule has 18 heavy (non-hydrogen) atoms. The molecule has 0 aliphatic carbocycles. The van der Waals surface area contributed by atoms with Gasteiger partial charge in [-0.15, -0.1) is 0 Å². The summed E-state index contributed by atoms with van der Waals surface area (Å²) in [6.45, 7) is -1.98. The monoisotopic (exact) mass is 299 g/mol. The van der Waals surface area contributed by atoms with Gasteiger partial charge < -0.3 is 5.11 Å². The lowest BCUT2D eigenvalue weighted by Gasteiger charge is -2.25. The summed E-state index contributed by atoms with van der Waals surface area (Å²) in [5, 5.41) is 2.58. The first-order chi connectivity index (χ1) is 7.87. The fourth-order valence-electron chi connectivity index (χ4n) is 0.917. The zero-order valence-electron chi connectivity index (χ0n) is 8.96. The fraction of sp³-hybridized carbons (Fsp3) is 0.857. The third-order valence-corrected chi connectivity index (χ3v) is 3.45. The molecule has 0 heterocycles. The molecule has 0 saturated heterocycles. The minimum Gasteiger partial charge on any atom is -0.481 e. The van der Waals surface area contributed by atoms with Crippen molar-refractivity contribution in [1.29, 1.82) is 0 Å². The van der Waals surface area contributed by atoms with Crippen molar-refractivity contribution in [2.75, 3.05) is 6.67 Å². The Kier molecular flexibility index (Phi) is 5.06. The van der Waals surface area contributed by atoms with Gasteiger partial charge in [-0.2, -0.15) is 17.6 Å². The summed E-state index contributed by atoms with van der Waals surface area (Å²) in [6.07, 6.45) is -0.892. The molecule has 0 radical (unpaired) electrons. The summed E-state index contributed by atoms with van der Waals surface area (Å²) in [5.74, 6) is -6.92. The molecule has 0 rings (SSSR count). The van der Waals surface area contributed by atoms with Crippen molar-refractivity contribution in [2.24, 2.45) is 0 Å². The average molecular weight is 299 g/mol. The molecule has 0 aromatic carbocycles. The molecule has 1 unspecified atom stereocenters. The number of alkyl halides is 5. The van der Waals surface area contributed by atoms with E-state index in [9.17, 15) is 35.2 Å². The molecule has 0 saturated carbocycles. The van der Waals surface area contributed by atoms with E-state index in [1.807, 2.05) is 0 Å². The first kappa shape index (κ1) is 17.0. The van der Waals surface area contributed by atoms with Crippen LogP contribution in [0.2, 0.25) is 0 Å². The summed E-state index contributed by atoms with van der Waals surface area (Å²) in [6, 6.07) is -1.55. The standard InChI is InChI=1S/C7H10F5NO4S/c1-4(2-5(14)15)13-18(16,17)7(11,12)6(9,10)3-8/h4,13H,2-3H2,1H3,(H,14,15). The molecular formula is C7H10F5NO4S. The lowest BCUT2D eigenvalue weighted by atomic mass is 10.3. The van der Waals surface area contributed by atoms with E-state index in [-0.39, 0.29) is 0 Å². The number of aliphatic carboxylic acids is 1. The molecule has 0 bridgehead atoms. The van der Waals surface area contributed by atoms with Crippen LogP contribution in [-0.2, 0) is 14.8 Å². The van der Waals surface area contributed by atoms with Crippen molar-refractivity contribution in [1.82, 2.24) is 4.72 Å². The second-order valence-electron chi connectivity index (χ2n) is 3.48. The van der Waals surface area contributed by atoms with E-state index < -0.39 is 46.3 Å². The van der Waals surface area contributed by atoms with Crippen molar-refractivity contribution in [3.8, 4) is 0 Å². The topological polar surface area (TPSA) is 83.5 Å². The van der Waals surface area contributed by atoms with Crippen LogP contribution in [0.15, 0.2) is 0 Å². The number of carboxylic acid groups (broad SMARTS) is 1. The van der Waals surface area contributed by atoms with Crippen LogP contribution in [0.25, 0.3) is 0 Å². The van der Waals surface area contributed by atoms with Gasteiger partial charge in [0.2, 0.25) is 0 Å². The highest BCUT2D eigenvalue weighted by molar-refractivity contribution is 7.90. The highest BCUT2D eigenvalue weighted by Gasteiger charge is 2.66. The van der Waals surface area contributed by atoms with Crippen molar-refractivity contribution < 1.29 is 40.3 Å². The molecule has 11 heteroatoms. The minimum absolute atomic E-state index is 0.884. The van der Waals surface area contributed by atoms with Crippen molar-refractivity contribution >= 4 is 16.0 Å². The number of hydrogen-bond donors (Lipinski definition) is 2. The van der Waals surface area contributed by atoms with E-state index in [2.05, 4.69) is 0 Å². The van der Waals surface area contributed by atoms with E-state index in [1.165, 1.54) is 0 Å². The Hall–Kier alpha value is -0.970. The van der Waals surface area contributed by atoms with Gasteiger partial charge in [-0.25, -0.2) is 17.5 Å². The summed E-state index contributed by atoms with van der Waals surface area (Å²) in [7, 11) is -5.91. The highest BCUT2D eigenvalue weighted by atomic mass is 32.2. The first-order valence-electron chi connectivity index (χ1n) is 4.42. The van der Waals surface area contributed by atoms with Gasteiger partial charge in [0.25, 0.3) is 10.0 Å². The van der Waals surface area contributed by atoms with Crippen LogP contribution in [0, 0.1) is 0 Å². The molecule has 108 valence electrons. The Morgan fingerprint density at radius 2 is 1.78 bits per heavy atom. The number of rotatable bonds is 7. The molecule has 0 amide bonds. The van der Waals surface area contributed by atoms with Gasteiger partial charge in [-0.1, -0.05) is 0 Å². The van der Waals surface area contributed by atoms with Crippen LogP contribution in [0.3, 0.4) is 0 Å². The van der Waals surface area contributed by atoms with Crippen LogP contribution < -0.4 is 4.72 Å². The number of halogens is 5. The number of hydrogen-bond acceptors (Lipinski definition) is 3. The average Bonchev–Trinajstić information content (AvgIpc) is 2.14. The molecule has 1 atom stereocenters. The quantitative estimate of drug-likeness (QED) is 0.686. The predicted molar refractivity (Wildman–Crippen MR) is 49.6 cm³/mol. The summed E-state index contributed by atoms with van der Waals surface area (Å²) in [4.78, 5) is 10.2.